The van der Waals surface area contributed by atoms with Gasteiger partial charge in [0.2, 0.25) is 0 Å². The Morgan fingerprint density at radius 3 is 2.44 bits per heavy atom. The van der Waals surface area contributed by atoms with Crippen molar-refractivity contribution in [1.82, 2.24) is 5.32 Å². The molecule has 0 aromatic heterocycles. The minimum atomic E-state index is 0.497. The van der Waals surface area contributed by atoms with E-state index in [9.17, 15) is 0 Å². The standard InChI is InChI=1S/C14H27NO/c1-3-9-15-13(10-11-5-6-11)14(16-4-2)12-7-8-12/h11-15H,3-10H2,1-2H3. The lowest BCUT2D eigenvalue weighted by molar-refractivity contribution is 0.0156. The summed E-state index contributed by atoms with van der Waals surface area (Å²) >= 11 is 0. The highest BCUT2D eigenvalue weighted by Crippen LogP contribution is 2.40. The molecule has 16 heavy (non-hydrogen) atoms. The zero-order valence-corrected chi connectivity index (χ0v) is 10.9. The Hall–Kier alpha value is -0.0800. The van der Waals surface area contributed by atoms with E-state index in [2.05, 4.69) is 19.2 Å². The van der Waals surface area contributed by atoms with Gasteiger partial charge in [-0.3, -0.25) is 0 Å². The van der Waals surface area contributed by atoms with Crippen LogP contribution < -0.4 is 5.32 Å². The molecule has 0 spiro atoms. The molecule has 2 rings (SSSR count). The molecule has 2 nitrogen and oxygen atoms in total. The summed E-state index contributed by atoms with van der Waals surface area (Å²) in [6.07, 6.45) is 8.75. The largest absolute Gasteiger partial charge is 0.377 e. The van der Waals surface area contributed by atoms with Crippen LogP contribution in [-0.2, 0) is 4.74 Å². The van der Waals surface area contributed by atoms with Gasteiger partial charge in [-0.15, -0.1) is 0 Å². The first-order valence-corrected chi connectivity index (χ1v) is 7.20. The fourth-order valence-corrected chi connectivity index (χ4v) is 2.57. The van der Waals surface area contributed by atoms with Crippen LogP contribution in [0.4, 0.5) is 0 Å². The summed E-state index contributed by atoms with van der Waals surface area (Å²) in [6.45, 7) is 6.39. The Morgan fingerprint density at radius 2 is 1.94 bits per heavy atom. The molecular weight excluding hydrogens is 198 g/mol. The van der Waals surface area contributed by atoms with Crippen LogP contribution >= 0.6 is 0 Å². The van der Waals surface area contributed by atoms with E-state index in [-0.39, 0.29) is 0 Å². The van der Waals surface area contributed by atoms with Crippen LogP contribution in [0.25, 0.3) is 0 Å². The predicted molar refractivity (Wildman–Crippen MR) is 67.6 cm³/mol. The Bertz CT molecular complexity index is 199. The molecule has 0 aromatic rings. The highest BCUT2D eigenvalue weighted by atomic mass is 16.5. The molecule has 2 heteroatoms. The van der Waals surface area contributed by atoms with Gasteiger partial charge in [-0.2, -0.15) is 0 Å². The Morgan fingerprint density at radius 1 is 1.19 bits per heavy atom. The van der Waals surface area contributed by atoms with Gasteiger partial charge in [0, 0.05) is 12.6 Å². The lowest BCUT2D eigenvalue weighted by Gasteiger charge is -2.28. The summed E-state index contributed by atoms with van der Waals surface area (Å²) in [5.41, 5.74) is 0. The summed E-state index contributed by atoms with van der Waals surface area (Å²) < 4.78 is 5.99. The third kappa shape index (κ3) is 3.74. The van der Waals surface area contributed by atoms with Crippen molar-refractivity contribution in [2.45, 2.75) is 64.5 Å². The average Bonchev–Trinajstić information content (AvgIpc) is 3.14. The second-order valence-electron chi connectivity index (χ2n) is 5.50. The van der Waals surface area contributed by atoms with Crippen LogP contribution in [0.15, 0.2) is 0 Å². The van der Waals surface area contributed by atoms with Crippen LogP contribution in [0.2, 0.25) is 0 Å². The number of nitrogens with one attached hydrogen (secondary N) is 1. The molecule has 0 aliphatic heterocycles. The number of hydrogen-bond acceptors (Lipinski definition) is 2. The first-order chi connectivity index (χ1) is 7.85. The normalized spacial score (nSPS) is 24.4. The van der Waals surface area contributed by atoms with Crippen molar-refractivity contribution in [2.75, 3.05) is 13.2 Å². The van der Waals surface area contributed by atoms with E-state index in [0.717, 1.165) is 25.0 Å². The molecule has 2 unspecified atom stereocenters. The van der Waals surface area contributed by atoms with E-state index < -0.39 is 0 Å². The minimum Gasteiger partial charge on any atom is -0.377 e. The first kappa shape index (κ1) is 12.4. The van der Waals surface area contributed by atoms with E-state index in [1.54, 1.807) is 0 Å². The molecule has 2 aliphatic carbocycles. The summed E-state index contributed by atoms with van der Waals surface area (Å²) in [5, 5.41) is 3.72. The topological polar surface area (TPSA) is 21.3 Å². The third-order valence-electron chi connectivity index (χ3n) is 3.78. The summed E-state index contributed by atoms with van der Waals surface area (Å²) in [4.78, 5) is 0. The molecule has 2 atom stereocenters. The van der Waals surface area contributed by atoms with Crippen molar-refractivity contribution in [3.8, 4) is 0 Å². The summed E-state index contributed by atoms with van der Waals surface area (Å²) in [5.74, 6) is 1.85. The minimum absolute atomic E-state index is 0.497. The second-order valence-corrected chi connectivity index (χ2v) is 5.50. The maximum atomic E-state index is 5.99. The summed E-state index contributed by atoms with van der Waals surface area (Å²) in [6, 6.07) is 0.625. The van der Waals surface area contributed by atoms with Gasteiger partial charge in [-0.1, -0.05) is 19.8 Å². The van der Waals surface area contributed by atoms with Crippen molar-refractivity contribution in [1.29, 1.82) is 0 Å². The highest BCUT2D eigenvalue weighted by Gasteiger charge is 2.39. The van der Waals surface area contributed by atoms with Gasteiger partial charge in [0.1, 0.15) is 0 Å². The Balaban J connectivity index is 1.84. The molecule has 2 saturated carbocycles. The number of hydrogen-bond donors (Lipinski definition) is 1. The quantitative estimate of drug-likeness (QED) is 0.651. The molecule has 2 aliphatic rings. The van der Waals surface area contributed by atoms with E-state index in [1.807, 2.05) is 0 Å². The fraction of sp³-hybridized carbons (Fsp3) is 1.00. The van der Waals surface area contributed by atoms with Crippen LogP contribution in [0.5, 0.6) is 0 Å². The third-order valence-corrected chi connectivity index (χ3v) is 3.78. The molecule has 0 heterocycles. The van der Waals surface area contributed by atoms with Gasteiger partial charge >= 0.3 is 0 Å². The molecule has 94 valence electrons. The fourth-order valence-electron chi connectivity index (χ4n) is 2.57. The van der Waals surface area contributed by atoms with Crippen molar-refractivity contribution in [3.63, 3.8) is 0 Å². The van der Waals surface area contributed by atoms with Crippen molar-refractivity contribution >= 4 is 0 Å². The van der Waals surface area contributed by atoms with E-state index >= 15 is 0 Å². The highest BCUT2D eigenvalue weighted by molar-refractivity contribution is 4.93. The monoisotopic (exact) mass is 225 g/mol. The number of ether oxygens (including phenoxy) is 1. The van der Waals surface area contributed by atoms with Crippen molar-refractivity contribution < 1.29 is 4.74 Å². The van der Waals surface area contributed by atoms with Gasteiger partial charge < -0.3 is 10.1 Å². The molecule has 2 fully saturated rings. The van der Waals surface area contributed by atoms with Gasteiger partial charge in [0.25, 0.3) is 0 Å². The van der Waals surface area contributed by atoms with E-state index in [4.69, 9.17) is 4.74 Å². The molecule has 0 saturated heterocycles. The van der Waals surface area contributed by atoms with Crippen molar-refractivity contribution in [3.05, 3.63) is 0 Å². The summed E-state index contributed by atoms with van der Waals surface area (Å²) in [7, 11) is 0. The molecule has 0 amide bonds. The molecule has 0 radical (unpaired) electrons. The number of rotatable bonds is 9. The lowest BCUT2D eigenvalue weighted by atomic mass is 10.00. The zero-order valence-electron chi connectivity index (χ0n) is 10.9. The van der Waals surface area contributed by atoms with Gasteiger partial charge in [0.05, 0.1) is 6.10 Å². The van der Waals surface area contributed by atoms with Crippen LogP contribution in [-0.4, -0.2) is 25.3 Å². The average molecular weight is 225 g/mol. The SMILES string of the molecule is CCCNC(CC1CC1)C(OCC)C1CC1. The molecule has 1 N–H and O–H groups in total. The van der Waals surface area contributed by atoms with Crippen LogP contribution in [0.1, 0.15) is 52.4 Å². The van der Waals surface area contributed by atoms with Crippen molar-refractivity contribution in [2.24, 2.45) is 11.8 Å². The van der Waals surface area contributed by atoms with E-state index in [1.165, 1.54) is 38.5 Å². The maximum Gasteiger partial charge on any atom is 0.0756 e. The Labute approximate surface area is 100 Å². The zero-order chi connectivity index (χ0) is 11.4. The first-order valence-electron chi connectivity index (χ1n) is 7.20. The molecular formula is C14H27NO. The van der Waals surface area contributed by atoms with Gasteiger partial charge in [-0.25, -0.2) is 0 Å². The van der Waals surface area contributed by atoms with Gasteiger partial charge in [-0.05, 0) is 51.0 Å². The Kier molecular flexibility index (Phi) is 4.66. The van der Waals surface area contributed by atoms with E-state index in [0.29, 0.717) is 12.1 Å². The molecule has 0 aromatic carbocycles. The van der Waals surface area contributed by atoms with Gasteiger partial charge in [0.15, 0.2) is 0 Å². The van der Waals surface area contributed by atoms with Crippen LogP contribution in [0, 0.1) is 11.8 Å². The lowest BCUT2D eigenvalue weighted by Crippen LogP contribution is -2.43. The predicted octanol–water partition coefficient (Wildman–Crippen LogP) is 2.97. The smallest absolute Gasteiger partial charge is 0.0756 e. The molecule has 0 bridgehead atoms. The second kappa shape index (κ2) is 6.02. The maximum absolute atomic E-state index is 5.99. The van der Waals surface area contributed by atoms with Crippen LogP contribution in [0.3, 0.4) is 0 Å².